The number of nitrogens with one attached hydrogen (secondary N) is 1. The molecule has 2 atom stereocenters. The monoisotopic (exact) mass is 264 g/mol. The summed E-state index contributed by atoms with van der Waals surface area (Å²) in [5.74, 6) is 0.258. The molecule has 5 nitrogen and oxygen atoms in total. The Morgan fingerprint density at radius 3 is 2.79 bits per heavy atom. The van der Waals surface area contributed by atoms with Gasteiger partial charge in [-0.3, -0.25) is 4.79 Å². The van der Waals surface area contributed by atoms with Crippen LogP contribution in [0.4, 0.5) is 0 Å². The lowest BCUT2D eigenvalue weighted by molar-refractivity contribution is -0.440. The van der Waals surface area contributed by atoms with E-state index in [1.807, 2.05) is 15.7 Å². The van der Waals surface area contributed by atoms with E-state index in [2.05, 4.69) is 5.32 Å². The van der Waals surface area contributed by atoms with Gasteiger partial charge in [-0.05, 0) is 32.2 Å². The molecular formula is C14H22N3O2+. The molecule has 2 saturated heterocycles. The standard InChI is InChI=1S/C14H22N3O2/c18-13(11-5-3-7-15-11)17-10-4-6-12(17)14(19)16-8-1-2-9-16/h8,11-12,15H,1-7,9-10H2/q+1. The molecule has 3 rings (SSSR count). The van der Waals surface area contributed by atoms with Crippen molar-refractivity contribution in [2.24, 2.45) is 0 Å². The van der Waals surface area contributed by atoms with Gasteiger partial charge < -0.3 is 10.2 Å². The zero-order valence-electron chi connectivity index (χ0n) is 11.3. The molecule has 2 amide bonds. The Morgan fingerprint density at radius 1 is 1.21 bits per heavy atom. The zero-order chi connectivity index (χ0) is 13.2. The number of likely N-dealkylation sites (tertiary alicyclic amines) is 1. The molecule has 0 saturated carbocycles. The summed E-state index contributed by atoms with van der Waals surface area (Å²) < 4.78 is 1.82. The van der Waals surface area contributed by atoms with Crippen molar-refractivity contribution in [3.63, 3.8) is 0 Å². The van der Waals surface area contributed by atoms with Gasteiger partial charge in [0.05, 0.1) is 6.04 Å². The molecular weight excluding hydrogens is 242 g/mol. The highest BCUT2D eigenvalue weighted by Gasteiger charge is 2.42. The van der Waals surface area contributed by atoms with Crippen molar-refractivity contribution < 1.29 is 14.2 Å². The Bertz CT molecular complexity index is 413. The van der Waals surface area contributed by atoms with Gasteiger partial charge in [0.2, 0.25) is 5.91 Å². The fourth-order valence-electron chi connectivity index (χ4n) is 3.37. The number of amides is 2. The fourth-order valence-corrected chi connectivity index (χ4v) is 3.37. The molecule has 0 radical (unpaired) electrons. The number of rotatable bonds is 2. The summed E-state index contributed by atoms with van der Waals surface area (Å²) in [6, 6.07) is -0.278. The molecule has 2 fully saturated rings. The Balaban J connectivity index is 1.70. The molecule has 3 heterocycles. The Morgan fingerprint density at radius 2 is 2.11 bits per heavy atom. The number of nitrogens with zero attached hydrogens (tertiary/aromatic N) is 2. The maximum Gasteiger partial charge on any atom is 0.409 e. The van der Waals surface area contributed by atoms with Crippen molar-refractivity contribution in [2.45, 2.75) is 50.6 Å². The van der Waals surface area contributed by atoms with Crippen LogP contribution in [0.15, 0.2) is 0 Å². The average Bonchev–Trinajstić information content (AvgIpc) is 3.16. The number of hydrogen-bond acceptors (Lipinski definition) is 3. The Labute approximate surface area is 113 Å². The Kier molecular flexibility index (Phi) is 3.64. The first-order valence-corrected chi connectivity index (χ1v) is 7.45. The van der Waals surface area contributed by atoms with Gasteiger partial charge in [0.15, 0.2) is 12.6 Å². The highest BCUT2D eigenvalue weighted by molar-refractivity contribution is 5.88. The van der Waals surface area contributed by atoms with Gasteiger partial charge in [-0.25, -0.2) is 4.79 Å². The van der Waals surface area contributed by atoms with Crippen LogP contribution in [0.3, 0.4) is 0 Å². The first-order chi connectivity index (χ1) is 9.27. The second-order valence-electron chi connectivity index (χ2n) is 5.70. The van der Waals surface area contributed by atoms with Gasteiger partial charge in [0.1, 0.15) is 6.21 Å². The van der Waals surface area contributed by atoms with E-state index in [4.69, 9.17) is 0 Å². The number of carbonyl (C=O) groups is 2. The van der Waals surface area contributed by atoms with Gasteiger partial charge >= 0.3 is 5.91 Å². The smallest absolute Gasteiger partial charge is 0.325 e. The van der Waals surface area contributed by atoms with Crippen molar-refractivity contribution in [1.29, 1.82) is 0 Å². The quantitative estimate of drug-likeness (QED) is 0.722. The maximum atomic E-state index is 12.5. The highest BCUT2D eigenvalue weighted by atomic mass is 16.2. The average molecular weight is 264 g/mol. The minimum absolute atomic E-state index is 0.0593. The molecule has 3 aliphatic heterocycles. The van der Waals surface area contributed by atoms with E-state index in [1.165, 1.54) is 0 Å². The summed E-state index contributed by atoms with van der Waals surface area (Å²) in [5, 5.41) is 3.24. The van der Waals surface area contributed by atoms with Gasteiger partial charge in [-0.2, -0.15) is 4.58 Å². The number of hydrogen-bond donors (Lipinski definition) is 1. The lowest BCUT2D eigenvalue weighted by Crippen LogP contribution is -2.50. The topological polar surface area (TPSA) is 52.4 Å². The van der Waals surface area contributed by atoms with Crippen molar-refractivity contribution >= 4 is 18.0 Å². The SMILES string of the molecule is O=C(C1CCCN1)N1CCCC1C(=O)[N+]1=CCCC1. The third-order valence-corrected chi connectivity index (χ3v) is 4.42. The third kappa shape index (κ3) is 2.43. The molecule has 5 heteroatoms. The molecule has 0 aromatic rings. The lowest BCUT2D eigenvalue weighted by atomic mass is 10.1. The summed E-state index contributed by atoms with van der Waals surface area (Å²) in [7, 11) is 0. The first kappa shape index (κ1) is 12.8. The lowest BCUT2D eigenvalue weighted by Gasteiger charge is -2.24. The molecule has 3 aliphatic rings. The van der Waals surface area contributed by atoms with E-state index in [0.29, 0.717) is 0 Å². The van der Waals surface area contributed by atoms with E-state index in [-0.39, 0.29) is 23.9 Å². The molecule has 2 unspecified atom stereocenters. The van der Waals surface area contributed by atoms with Gasteiger partial charge in [0, 0.05) is 19.4 Å². The molecule has 0 aromatic heterocycles. The first-order valence-electron chi connectivity index (χ1n) is 7.45. The van der Waals surface area contributed by atoms with Crippen LogP contribution >= 0.6 is 0 Å². The summed E-state index contributed by atoms with van der Waals surface area (Å²) in [6.07, 6.45) is 7.75. The van der Waals surface area contributed by atoms with Crippen molar-refractivity contribution in [3.8, 4) is 0 Å². The summed E-state index contributed by atoms with van der Waals surface area (Å²) in [4.78, 5) is 26.7. The van der Waals surface area contributed by atoms with Gasteiger partial charge in [0.25, 0.3) is 0 Å². The van der Waals surface area contributed by atoms with E-state index in [1.54, 1.807) is 0 Å². The summed E-state index contributed by atoms with van der Waals surface area (Å²) >= 11 is 0. The van der Waals surface area contributed by atoms with Crippen molar-refractivity contribution in [3.05, 3.63) is 0 Å². The molecule has 104 valence electrons. The molecule has 0 spiro atoms. The van der Waals surface area contributed by atoms with E-state index in [9.17, 15) is 9.59 Å². The fraction of sp³-hybridized carbons (Fsp3) is 0.786. The van der Waals surface area contributed by atoms with Crippen LogP contribution in [0, 0.1) is 0 Å². The molecule has 0 aromatic carbocycles. The predicted molar refractivity (Wildman–Crippen MR) is 71.2 cm³/mol. The van der Waals surface area contributed by atoms with Crippen LogP contribution in [0.25, 0.3) is 0 Å². The third-order valence-electron chi connectivity index (χ3n) is 4.42. The van der Waals surface area contributed by atoms with Crippen molar-refractivity contribution in [1.82, 2.24) is 10.2 Å². The minimum Gasteiger partial charge on any atom is -0.325 e. The van der Waals surface area contributed by atoms with E-state index in [0.717, 1.165) is 58.2 Å². The molecule has 0 bridgehead atoms. The predicted octanol–water partition coefficient (Wildman–Crippen LogP) is 0.133. The van der Waals surface area contributed by atoms with Crippen LogP contribution in [-0.2, 0) is 9.59 Å². The van der Waals surface area contributed by atoms with Crippen LogP contribution in [0.5, 0.6) is 0 Å². The maximum absolute atomic E-state index is 12.5. The van der Waals surface area contributed by atoms with Crippen LogP contribution in [-0.4, -0.2) is 59.2 Å². The Hall–Kier alpha value is -1.23. The summed E-state index contributed by atoms with van der Waals surface area (Å²) in [5.41, 5.74) is 0. The summed E-state index contributed by atoms with van der Waals surface area (Å²) in [6.45, 7) is 2.48. The van der Waals surface area contributed by atoms with Crippen LogP contribution < -0.4 is 5.32 Å². The van der Waals surface area contributed by atoms with Crippen LogP contribution in [0.2, 0.25) is 0 Å². The van der Waals surface area contributed by atoms with Gasteiger partial charge in [-0.15, -0.1) is 0 Å². The van der Waals surface area contributed by atoms with Crippen LogP contribution in [0.1, 0.15) is 38.5 Å². The van der Waals surface area contributed by atoms with E-state index < -0.39 is 0 Å². The highest BCUT2D eigenvalue weighted by Crippen LogP contribution is 2.22. The largest absolute Gasteiger partial charge is 0.409 e. The minimum atomic E-state index is -0.218. The van der Waals surface area contributed by atoms with Gasteiger partial charge in [-0.1, -0.05) is 0 Å². The normalized spacial score (nSPS) is 30.7. The molecule has 0 aliphatic carbocycles. The van der Waals surface area contributed by atoms with E-state index >= 15 is 0 Å². The zero-order valence-corrected chi connectivity index (χ0v) is 11.3. The molecule has 19 heavy (non-hydrogen) atoms. The second kappa shape index (κ2) is 5.41. The second-order valence-corrected chi connectivity index (χ2v) is 5.70. The van der Waals surface area contributed by atoms with Crippen molar-refractivity contribution in [2.75, 3.05) is 19.6 Å². The molecule has 1 N–H and O–H groups in total. The number of carbonyl (C=O) groups excluding carboxylic acids is 2.